The van der Waals surface area contributed by atoms with Gasteiger partial charge in [0.25, 0.3) is 0 Å². The number of allylic oxidation sites excluding steroid dienone is 1. The van der Waals surface area contributed by atoms with Crippen molar-refractivity contribution < 1.29 is 14.3 Å². The number of carbonyl (C=O) groups excluding carboxylic acids is 1. The zero-order valence-corrected chi connectivity index (χ0v) is 12.5. The number of hydrogen-bond donors (Lipinski definition) is 0. The summed E-state index contributed by atoms with van der Waals surface area (Å²) in [7, 11) is 0. The maximum Gasteiger partial charge on any atom is 0.304 e. The largest absolute Gasteiger partial charge is 0.436 e. The lowest BCUT2D eigenvalue weighted by atomic mass is 10.0. The van der Waals surface area contributed by atoms with Gasteiger partial charge in [-0.3, -0.25) is 4.79 Å². The summed E-state index contributed by atoms with van der Waals surface area (Å²) < 4.78 is 10.8. The highest BCUT2D eigenvalue weighted by Gasteiger charge is 2.14. The van der Waals surface area contributed by atoms with Crippen LogP contribution in [0.25, 0.3) is 0 Å². The van der Waals surface area contributed by atoms with Crippen LogP contribution >= 0.6 is 0 Å². The normalized spacial score (nSPS) is 14.2. The molecule has 1 aromatic carbocycles. The molecule has 0 aliphatic heterocycles. The van der Waals surface area contributed by atoms with Gasteiger partial charge in [-0.1, -0.05) is 42.5 Å². The van der Waals surface area contributed by atoms with Gasteiger partial charge < -0.3 is 9.47 Å². The Bertz CT molecular complexity index is 412. The second kappa shape index (κ2) is 9.32. The Hall–Kier alpha value is -1.61. The third kappa shape index (κ3) is 7.10. The van der Waals surface area contributed by atoms with E-state index in [1.54, 1.807) is 6.92 Å². The Labute approximate surface area is 121 Å². The fourth-order valence-electron chi connectivity index (χ4n) is 2.03. The predicted molar refractivity (Wildman–Crippen MR) is 80.3 cm³/mol. The first-order valence-electron chi connectivity index (χ1n) is 7.09. The van der Waals surface area contributed by atoms with Crippen LogP contribution < -0.4 is 0 Å². The molecule has 0 fully saturated rings. The molecule has 0 aliphatic carbocycles. The first-order chi connectivity index (χ1) is 9.61. The maximum absolute atomic E-state index is 10.9. The van der Waals surface area contributed by atoms with Gasteiger partial charge >= 0.3 is 5.97 Å². The van der Waals surface area contributed by atoms with Gasteiger partial charge in [-0.15, -0.1) is 0 Å². The van der Waals surface area contributed by atoms with Crippen molar-refractivity contribution in [1.29, 1.82) is 0 Å². The molecule has 110 valence electrons. The van der Waals surface area contributed by atoms with Crippen molar-refractivity contribution in [2.45, 2.75) is 52.4 Å². The molecule has 2 atom stereocenters. The van der Waals surface area contributed by atoms with Crippen LogP contribution in [0, 0.1) is 0 Å². The van der Waals surface area contributed by atoms with E-state index in [2.05, 4.69) is 18.2 Å². The summed E-state index contributed by atoms with van der Waals surface area (Å²) in [5, 5.41) is 0. The molecule has 0 spiro atoms. The summed E-state index contributed by atoms with van der Waals surface area (Å²) in [6.45, 7) is 5.14. The standard InChI is InChI=1S/C17H24O3/c1-4-5-11-17(20-15(3)19-14(2)18)13-12-16-9-7-6-8-10-16/h4-10,15,17H,11-13H2,1-3H3/b5-4+. The molecule has 0 amide bonds. The molecule has 0 saturated carbocycles. The Kier molecular flexibility index (Phi) is 7.66. The van der Waals surface area contributed by atoms with Gasteiger partial charge in [0.05, 0.1) is 6.10 Å². The molecule has 3 heteroatoms. The number of benzene rings is 1. The van der Waals surface area contributed by atoms with E-state index in [9.17, 15) is 4.79 Å². The van der Waals surface area contributed by atoms with Crippen LogP contribution in [-0.4, -0.2) is 18.4 Å². The predicted octanol–water partition coefficient (Wildman–Crippen LogP) is 3.88. The van der Waals surface area contributed by atoms with Crippen LogP contribution in [0.15, 0.2) is 42.5 Å². The molecule has 3 nitrogen and oxygen atoms in total. The molecule has 20 heavy (non-hydrogen) atoms. The molecule has 1 aromatic rings. The summed E-state index contributed by atoms with van der Waals surface area (Å²) in [5.74, 6) is -0.314. The topological polar surface area (TPSA) is 35.5 Å². The van der Waals surface area contributed by atoms with Crippen molar-refractivity contribution in [2.75, 3.05) is 0 Å². The first kappa shape index (κ1) is 16.4. The Morgan fingerprint density at radius 3 is 2.60 bits per heavy atom. The minimum absolute atomic E-state index is 0.0563. The van der Waals surface area contributed by atoms with Gasteiger partial charge in [-0.05, 0) is 38.7 Å². The molecule has 0 heterocycles. The Morgan fingerprint density at radius 2 is 2.00 bits per heavy atom. The van der Waals surface area contributed by atoms with E-state index in [1.165, 1.54) is 12.5 Å². The van der Waals surface area contributed by atoms with Crippen LogP contribution in [0.1, 0.15) is 39.2 Å². The molecular weight excluding hydrogens is 252 g/mol. The number of rotatable bonds is 8. The Balaban J connectivity index is 2.48. The number of ether oxygens (including phenoxy) is 2. The van der Waals surface area contributed by atoms with E-state index in [4.69, 9.17) is 9.47 Å². The van der Waals surface area contributed by atoms with E-state index in [1.807, 2.05) is 31.2 Å². The van der Waals surface area contributed by atoms with Crippen molar-refractivity contribution in [3.05, 3.63) is 48.0 Å². The van der Waals surface area contributed by atoms with Crippen LogP contribution in [0.5, 0.6) is 0 Å². The number of aryl methyl sites for hydroxylation is 1. The van der Waals surface area contributed by atoms with Gasteiger partial charge in [-0.25, -0.2) is 0 Å². The third-order valence-electron chi connectivity index (χ3n) is 2.95. The minimum Gasteiger partial charge on any atom is -0.436 e. The molecule has 2 unspecified atom stereocenters. The van der Waals surface area contributed by atoms with E-state index in [-0.39, 0.29) is 12.1 Å². The number of carbonyl (C=O) groups is 1. The van der Waals surface area contributed by atoms with Gasteiger partial charge in [0, 0.05) is 6.92 Å². The summed E-state index contributed by atoms with van der Waals surface area (Å²) >= 11 is 0. The molecule has 0 saturated heterocycles. The molecule has 0 aromatic heterocycles. The third-order valence-corrected chi connectivity index (χ3v) is 2.95. The van der Waals surface area contributed by atoms with Gasteiger partial charge in [0.1, 0.15) is 0 Å². The molecular formula is C17H24O3. The number of esters is 1. The summed E-state index contributed by atoms with van der Waals surface area (Å²) in [6.07, 6.45) is 6.33. The van der Waals surface area contributed by atoms with Gasteiger partial charge in [0.2, 0.25) is 0 Å². The van der Waals surface area contributed by atoms with Crippen molar-refractivity contribution >= 4 is 5.97 Å². The maximum atomic E-state index is 10.9. The zero-order chi connectivity index (χ0) is 14.8. The fraction of sp³-hybridized carbons (Fsp3) is 0.471. The molecule has 0 aliphatic rings. The monoisotopic (exact) mass is 276 g/mol. The highest BCUT2D eigenvalue weighted by Crippen LogP contribution is 2.13. The van der Waals surface area contributed by atoms with E-state index in [0.29, 0.717) is 0 Å². The van der Waals surface area contributed by atoms with Crippen LogP contribution in [0.2, 0.25) is 0 Å². The quantitative estimate of drug-likeness (QED) is 0.410. The number of hydrogen-bond acceptors (Lipinski definition) is 3. The fourth-order valence-corrected chi connectivity index (χ4v) is 2.03. The van der Waals surface area contributed by atoms with Crippen molar-refractivity contribution in [1.82, 2.24) is 0 Å². The van der Waals surface area contributed by atoms with Crippen molar-refractivity contribution in [3.8, 4) is 0 Å². The molecule has 1 rings (SSSR count). The first-order valence-corrected chi connectivity index (χ1v) is 7.09. The average Bonchev–Trinajstić information content (AvgIpc) is 2.42. The zero-order valence-electron chi connectivity index (χ0n) is 12.5. The van der Waals surface area contributed by atoms with E-state index in [0.717, 1.165) is 19.3 Å². The van der Waals surface area contributed by atoms with Crippen molar-refractivity contribution in [2.24, 2.45) is 0 Å². The van der Waals surface area contributed by atoms with Crippen LogP contribution in [-0.2, 0) is 20.7 Å². The van der Waals surface area contributed by atoms with E-state index >= 15 is 0 Å². The summed E-state index contributed by atoms with van der Waals surface area (Å²) in [4.78, 5) is 10.9. The lowest BCUT2D eigenvalue weighted by molar-refractivity contribution is -0.182. The highest BCUT2D eigenvalue weighted by atomic mass is 16.7. The SMILES string of the molecule is C/C=C/CC(CCc1ccccc1)OC(C)OC(C)=O. The van der Waals surface area contributed by atoms with E-state index < -0.39 is 6.29 Å². The Morgan fingerprint density at radius 1 is 1.30 bits per heavy atom. The minimum atomic E-state index is -0.501. The summed E-state index contributed by atoms with van der Waals surface area (Å²) in [5.41, 5.74) is 1.29. The summed E-state index contributed by atoms with van der Waals surface area (Å²) in [6, 6.07) is 10.3. The average molecular weight is 276 g/mol. The second-order valence-corrected chi connectivity index (χ2v) is 4.76. The molecule has 0 radical (unpaired) electrons. The van der Waals surface area contributed by atoms with Crippen LogP contribution in [0.4, 0.5) is 0 Å². The lowest BCUT2D eigenvalue weighted by Gasteiger charge is -2.21. The van der Waals surface area contributed by atoms with Gasteiger partial charge in [-0.2, -0.15) is 0 Å². The van der Waals surface area contributed by atoms with Crippen molar-refractivity contribution in [3.63, 3.8) is 0 Å². The molecule has 0 bridgehead atoms. The van der Waals surface area contributed by atoms with Crippen LogP contribution in [0.3, 0.4) is 0 Å². The molecule has 0 N–H and O–H groups in total. The van der Waals surface area contributed by atoms with Gasteiger partial charge in [0.15, 0.2) is 6.29 Å². The second-order valence-electron chi connectivity index (χ2n) is 4.76. The smallest absolute Gasteiger partial charge is 0.304 e. The lowest BCUT2D eigenvalue weighted by Crippen LogP contribution is -2.24. The highest BCUT2D eigenvalue weighted by molar-refractivity contribution is 5.65.